The summed E-state index contributed by atoms with van der Waals surface area (Å²) in [5, 5.41) is 0. The average Bonchev–Trinajstić information content (AvgIpc) is 2.95. The van der Waals surface area contributed by atoms with E-state index in [1.807, 2.05) is 0 Å². The summed E-state index contributed by atoms with van der Waals surface area (Å²) < 4.78 is 43.9. The normalized spacial score (nSPS) is 32.0. The number of carbonyl (C=O) groups excluding carboxylic acids is 3. The third-order valence-electron chi connectivity index (χ3n) is 4.62. The molecule has 9 heteroatoms. The van der Waals surface area contributed by atoms with Crippen molar-refractivity contribution in [2.75, 3.05) is 13.7 Å². The topological polar surface area (TPSA) is 66.9 Å². The van der Waals surface area contributed by atoms with E-state index in [2.05, 4.69) is 0 Å². The Bertz CT molecular complexity index is 670. The van der Waals surface area contributed by atoms with Crippen LogP contribution in [-0.2, 0) is 19.1 Å². The van der Waals surface area contributed by atoms with Crippen molar-refractivity contribution in [1.82, 2.24) is 9.80 Å². The molecule has 0 aromatic rings. The molecule has 0 saturated carbocycles. The lowest BCUT2D eigenvalue weighted by atomic mass is 9.88. The van der Waals surface area contributed by atoms with Crippen molar-refractivity contribution in [2.24, 2.45) is 11.8 Å². The number of nitrogens with zero attached hydrogens (tertiary/aromatic N) is 2. The van der Waals surface area contributed by atoms with Gasteiger partial charge < -0.3 is 9.64 Å². The number of imide groups is 1. The Morgan fingerprint density at radius 3 is 2.46 bits per heavy atom. The van der Waals surface area contributed by atoms with E-state index in [1.54, 1.807) is 6.92 Å². The molecule has 3 aliphatic heterocycles. The molecule has 130 valence electrons. The summed E-state index contributed by atoms with van der Waals surface area (Å²) in [5.74, 6) is -3.95. The summed E-state index contributed by atoms with van der Waals surface area (Å²) in [5.41, 5.74) is -0.901. The minimum absolute atomic E-state index is 0.0660. The Labute approximate surface area is 135 Å². The molecule has 0 spiro atoms. The van der Waals surface area contributed by atoms with E-state index >= 15 is 0 Å². The Balaban J connectivity index is 2.05. The van der Waals surface area contributed by atoms with Crippen LogP contribution < -0.4 is 0 Å². The smallest absolute Gasteiger partial charge is 0.416 e. The number of hydrogen-bond acceptors (Lipinski definition) is 5. The van der Waals surface area contributed by atoms with Crippen molar-refractivity contribution >= 4 is 17.8 Å². The van der Waals surface area contributed by atoms with Crippen molar-refractivity contribution in [3.8, 4) is 0 Å². The second kappa shape index (κ2) is 5.35. The molecule has 2 saturated heterocycles. The third kappa shape index (κ3) is 2.22. The van der Waals surface area contributed by atoms with Crippen LogP contribution in [0.1, 0.15) is 6.92 Å². The Morgan fingerprint density at radius 1 is 1.25 bits per heavy atom. The van der Waals surface area contributed by atoms with Crippen LogP contribution in [0.15, 0.2) is 23.9 Å². The van der Waals surface area contributed by atoms with Gasteiger partial charge >= 0.3 is 12.1 Å². The third-order valence-corrected chi connectivity index (χ3v) is 4.62. The minimum Gasteiger partial charge on any atom is -0.464 e. The number of alkyl halides is 3. The number of carbonyl (C=O) groups is 3. The SMILES string of the molecule is CCOC(=O)[C@H]1C2C(=O)N(C)C(=O)C2[C@@H]2C=C(C(F)(F)F)C=CN21. The molecule has 2 fully saturated rings. The van der Waals surface area contributed by atoms with Crippen LogP contribution in [0.25, 0.3) is 0 Å². The number of rotatable bonds is 2. The van der Waals surface area contributed by atoms with E-state index in [0.717, 1.165) is 23.3 Å². The van der Waals surface area contributed by atoms with Crippen LogP contribution in [-0.4, -0.2) is 59.5 Å². The fourth-order valence-corrected chi connectivity index (χ4v) is 3.58. The average molecular weight is 344 g/mol. The van der Waals surface area contributed by atoms with Gasteiger partial charge in [-0.05, 0) is 19.1 Å². The largest absolute Gasteiger partial charge is 0.464 e. The predicted octanol–water partition coefficient (Wildman–Crippen LogP) is 0.849. The Morgan fingerprint density at radius 2 is 1.88 bits per heavy atom. The summed E-state index contributed by atoms with van der Waals surface area (Å²) in [4.78, 5) is 39.1. The summed E-state index contributed by atoms with van der Waals surface area (Å²) in [6.07, 6.45) is -1.71. The van der Waals surface area contributed by atoms with Crippen molar-refractivity contribution in [3.63, 3.8) is 0 Å². The number of amides is 2. The van der Waals surface area contributed by atoms with Crippen LogP contribution in [0.5, 0.6) is 0 Å². The lowest BCUT2D eigenvalue weighted by Crippen LogP contribution is -2.46. The zero-order valence-corrected chi connectivity index (χ0v) is 12.9. The highest BCUT2D eigenvalue weighted by molar-refractivity contribution is 6.08. The second-order valence-electron chi connectivity index (χ2n) is 5.86. The number of halogens is 3. The molecular weight excluding hydrogens is 329 g/mol. The molecule has 24 heavy (non-hydrogen) atoms. The summed E-state index contributed by atoms with van der Waals surface area (Å²) >= 11 is 0. The molecule has 6 nitrogen and oxygen atoms in total. The van der Waals surface area contributed by atoms with Crippen molar-refractivity contribution in [1.29, 1.82) is 0 Å². The number of esters is 1. The lowest BCUT2D eigenvalue weighted by molar-refractivity contribution is -0.152. The standard InChI is InChI=1S/C15H15F3N2O4/c1-3-24-14(23)11-10-9(12(21)19(2)13(10)22)8-6-7(15(16,17)18)4-5-20(8)11/h4-6,8-11H,3H2,1-2H3/t8-,9?,10?,11+/m0/s1. The molecule has 0 N–H and O–H groups in total. The van der Waals surface area contributed by atoms with E-state index in [-0.39, 0.29) is 6.61 Å². The van der Waals surface area contributed by atoms with Gasteiger partial charge in [-0.3, -0.25) is 14.5 Å². The van der Waals surface area contributed by atoms with E-state index in [4.69, 9.17) is 4.74 Å². The van der Waals surface area contributed by atoms with Crippen LogP contribution in [0, 0.1) is 11.8 Å². The van der Waals surface area contributed by atoms with Crippen molar-refractivity contribution < 1.29 is 32.3 Å². The molecule has 0 aromatic heterocycles. The number of likely N-dealkylation sites (tertiary alicyclic amines) is 1. The lowest BCUT2D eigenvalue weighted by Gasteiger charge is -2.32. The van der Waals surface area contributed by atoms with Gasteiger partial charge in [0.15, 0.2) is 0 Å². The fourth-order valence-electron chi connectivity index (χ4n) is 3.58. The van der Waals surface area contributed by atoms with E-state index in [9.17, 15) is 27.6 Å². The number of ether oxygens (including phenoxy) is 1. The highest BCUT2D eigenvalue weighted by Crippen LogP contribution is 2.46. The van der Waals surface area contributed by atoms with Crippen LogP contribution >= 0.6 is 0 Å². The van der Waals surface area contributed by atoms with Crippen LogP contribution in [0.4, 0.5) is 13.2 Å². The second-order valence-corrected chi connectivity index (χ2v) is 5.86. The van der Waals surface area contributed by atoms with E-state index in [0.29, 0.717) is 0 Å². The molecule has 4 atom stereocenters. The zero-order valence-electron chi connectivity index (χ0n) is 12.9. The minimum atomic E-state index is -4.57. The van der Waals surface area contributed by atoms with Gasteiger partial charge in [0.05, 0.1) is 30.1 Å². The van der Waals surface area contributed by atoms with E-state index < -0.39 is 53.5 Å². The molecule has 0 aromatic carbocycles. The van der Waals surface area contributed by atoms with Gasteiger partial charge in [0.1, 0.15) is 6.04 Å². The quantitative estimate of drug-likeness (QED) is 0.549. The van der Waals surface area contributed by atoms with E-state index in [1.165, 1.54) is 11.9 Å². The molecule has 3 aliphatic rings. The molecule has 2 amide bonds. The van der Waals surface area contributed by atoms with Gasteiger partial charge in [0.25, 0.3) is 0 Å². The van der Waals surface area contributed by atoms with Crippen LogP contribution in [0.3, 0.4) is 0 Å². The maximum atomic E-state index is 13.0. The number of allylic oxidation sites excluding steroid dienone is 2. The Hall–Kier alpha value is -2.32. The monoisotopic (exact) mass is 344 g/mol. The summed E-state index contributed by atoms with van der Waals surface area (Å²) in [6, 6.07) is -2.11. The molecule has 2 unspecified atom stereocenters. The molecular formula is C15H15F3N2O4. The number of hydrogen-bond donors (Lipinski definition) is 0. The first-order chi connectivity index (χ1) is 11.2. The maximum Gasteiger partial charge on any atom is 0.416 e. The highest BCUT2D eigenvalue weighted by Gasteiger charge is 2.63. The van der Waals surface area contributed by atoms with Gasteiger partial charge in [0.2, 0.25) is 11.8 Å². The van der Waals surface area contributed by atoms with Crippen molar-refractivity contribution in [2.45, 2.75) is 25.2 Å². The first-order valence-corrected chi connectivity index (χ1v) is 7.41. The van der Waals surface area contributed by atoms with Crippen LogP contribution in [0.2, 0.25) is 0 Å². The molecule has 3 rings (SSSR count). The maximum absolute atomic E-state index is 13.0. The number of fused-ring (bicyclic) bond motifs is 3. The summed E-state index contributed by atoms with van der Waals surface area (Å²) in [6.45, 7) is 1.65. The molecule has 0 radical (unpaired) electrons. The van der Waals surface area contributed by atoms with Crippen molar-refractivity contribution in [3.05, 3.63) is 23.9 Å². The van der Waals surface area contributed by atoms with Gasteiger partial charge in [-0.25, -0.2) is 4.79 Å². The Kier molecular flexibility index (Phi) is 3.69. The summed E-state index contributed by atoms with van der Waals surface area (Å²) in [7, 11) is 1.27. The fraction of sp³-hybridized carbons (Fsp3) is 0.533. The zero-order chi connectivity index (χ0) is 17.8. The first kappa shape index (κ1) is 16.5. The van der Waals surface area contributed by atoms with Gasteiger partial charge in [-0.2, -0.15) is 13.2 Å². The molecule has 0 aliphatic carbocycles. The molecule has 3 heterocycles. The van der Waals surface area contributed by atoms with Gasteiger partial charge in [0, 0.05) is 13.2 Å². The van der Waals surface area contributed by atoms with Gasteiger partial charge in [-0.15, -0.1) is 0 Å². The predicted molar refractivity (Wildman–Crippen MR) is 74.1 cm³/mol. The highest BCUT2D eigenvalue weighted by atomic mass is 19.4. The first-order valence-electron chi connectivity index (χ1n) is 7.41. The van der Waals surface area contributed by atoms with Gasteiger partial charge in [-0.1, -0.05) is 0 Å². The molecule has 0 bridgehead atoms.